The van der Waals surface area contributed by atoms with Gasteiger partial charge in [0, 0.05) is 0 Å². The van der Waals surface area contributed by atoms with E-state index in [0.717, 1.165) is 24.7 Å². The van der Waals surface area contributed by atoms with E-state index >= 15 is 0 Å². The molecule has 3 atom stereocenters. The summed E-state index contributed by atoms with van der Waals surface area (Å²) in [6.45, 7) is 2.15. The van der Waals surface area contributed by atoms with Gasteiger partial charge in [0.15, 0.2) is 0 Å². The monoisotopic (exact) mass is 154 g/mol. The van der Waals surface area contributed by atoms with Crippen LogP contribution in [0.25, 0.3) is 0 Å². The molecule has 2 fully saturated rings. The Labute approximate surface area is 68.8 Å². The molecule has 2 aliphatic rings. The highest BCUT2D eigenvalue weighted by molar-refractivity contribution is 4.97. The Balaban J connectivity index is 1.77. The van der Waals surface area contributed by atoms with Gasteiger partial charge in [-0.1, -0.05) is 13.3 Å². The molecular weight excluding hydrogens is 136 g/mol. The minimum absolute atomic E-state index is 0.0211. The van der Waals surface area contributed by atoms with E-state index in [0.29, 0.717) is 5.92 Å². The van der Waals surface area contributed by atoms with Crippen LogP contribution in [-0.4, -0.2) is 11.2 Å². The van der Waals surface area contributed by atoms with Gasteiger partial charge in [0.05, 0.1) is 6.10 Å². The molecule has 2 aliphatic carbocycles. The van der Waals surface area contributed by atoms with Crippen LogP contribution in [0.5, 0.6) is 0 Å². The van der Waals surface area contributed by atoms with Crippen LogP contribution < -0.4 is 0 Å². The van der Waals surface area contributed by atoms with Gasteiger partial charge in [0.1, 0.15) is 0 Å². The Kier molecular flexibility index (Phi) is 1.92. The number of aliphatic hydroxyl groups excluding tert-OH is 1. The van der Waals surface area contributed by atoms with Gasteiger partial charge < -0.3 is 5.11 Å². The lowest BCUT2D eigenvalue weighted by atomic mass is 9.94. The SMILES string of the molecule is CCCC(O)C1CC2CC2C1. The van der Waals surface area contributed by atoms with Crippen LogP contribution in [0.15, 0.2) is 0 Å². The van der Waals surface area contributed by atoms with Crippen LogP contribution in [0.3, 0.4) is 0 Å². The highest BCUT2D eigenvalue weighted by Crippen LogP contribution is 2.55. The van der Waals surface area contributed by atoms with Gasteiger partial charge >= 0.3 is 0 Å². The van der Waals surface area contributed by atoms with Gasteiger partial charge in [0.2, 0.25) is 0 Å². The summed E-state index contributed by atoms with van der Waals surface area (Å²) in [6, 6.07) is 0. The van der Waals surface area contributed by atoms with E-state index in [2.05, 4.69) is 6.92 Å². The first-order valence-electron chi connectivity index (χ1n) is 4.99. The van der Waals surface area contributed by atoms with Gasteiger partial charge in [-0.25, -0.2) is 0 Å². The average molecular weight is 154 g/mol. The molecule has 0 heterocycles. The molecule has 2 saturated carbocycles. The maximum atomic E-state index is 9.69. The standard InChI is InChI=1S/C10H18O/c1-2-3-10(11)9-5-7-4-8(7)6-9/h7-11H,2-6H2,1H3. The first-order chi connectivity index (χ1) is 5.31. The lowest BCUT2D eigenvalue weighted by molar-refractivity contribution is 0.0945. The van der Waals surface area contributed by atoms with E-state index in [1.54, 1.807) is 0 Å². The van der Waals surface area contributed by atoms with Crippen molar-refractivity contribution in [1.29, 1.82) is 0 Å². The summed E-state index contributed by atoms with van der Waals surface area (Å²) >= 11 is 0. The fourth-order valence-electron chi connectivity index (χ4n) is 2.61. The van der Waals surface area contributed by atoms with Crippen molar-refractivity contribution in [2.24, 2.45) is 17.8 Å². The third-order valence-electron chi connectivity index (χ3n) is 3.41. The second-order valence-corrected chi connectivity index (χ2v) is 4.34. The molecule has 0 saturated heterocycles. The van der Waals surface area contributed by atoms with Crippen LogP contribution in [0.1, 0.15) is 39.0 Å². The van der Waals surface area contributed by atoms with E-state index in [9.17, 15) is 5.11 Å². The van der Waals surface area contributed by atoms with Crippen molar-refractivity contribution >= 4 is 0 Å². The number of hydrogen-bond donors (Lipinski definition) is 1. The lowest BCUT2D eigenvalue weighted by Crippen LogP contribution is -2.18. The molecule has 0 amide bonds. The van der Waals surface area contributed by atoms with Crippen LogP contribution in [-0.2, 0) is 0 Å². The van der Waals surface area contributed by atoms with Crippen molar-refractivity contribution in [3.8, 4) is 0 Å². The molecule has 64 valence electrons. The number of fused-ring (bicyclic) bond motifs is 1. The van der Waals surface area contributed by atoms with E-state index in [1.807, 2.05) is 0 Å². The quantitative estimate of drug-likeness (QED) is 0.660. The fourth-order valence-corrected chi connectivity index (χ4v) is 2.61. The van der Waals surface area contributed by atoms with Crippen LogP contribution >= 0.6 is 0 Å². The number of aliphatic hydroxyl groups is 1. The topological polar surface area (TPSA) is 20.2 Å². The maximum absolute atomic E-state index is 9.69. The lowest BCUT2D eigenvalue weighted by Gasteiger charge is -2.18. The molecule has 1 N–H and O–H groups in total. The fraction of sp³-hybridized carbons (Fsp3) is 1.00. The first-order valence-corrected chi connectivity index (χ1v) is 4.99. The van der Waals surface area contributed by atoms with Crippen LogP contribution in [0.4, 0.5) is 0 Å². The van der Waals surface area contributed by atoms with Gasteiger partial charge in [-0.2, -0.15) is 0 Å². The molecule has 3 unspecified atom stereocenters. The van der Waals surface area contributed by atoms with Gasteiger partial charge in [0.25, 0.3) is 0 Å². The summed E-state index contributed by atoms with van der Waals surface area (Å²) in [5, 5.41) is 9.69. The Bertz CT molecular complexity index is 134. The Hall–Kier alpha value is -0.0400. The van der Waals surface area contributed by atoms with Gasteiger partial charge in [-0.3, -0.25) is 0 Å². The third-order valence-corrected chi connectivity index (χ3v) is 3.41. The largest absolute Gasteiger partial charge is 0.393 e. The summed E-state index contributed by atoms with van der Waals surface area (Å²) < 4.78 is 0. The van der Waals surface area contributed by atoms with E-state index < -0.39 is 0 Å². The normalized spacial score (nSPS) is 43.6. The molecule has 1 nitrogen and oxygen atoms in total. The Morgan fingerprint density at radius 1 is 1.27 bits per heavy atom. The summed E-state index contributed by atoms with van der Waals surface area (Å²) in [6.07, 6.45) is 6.29. The Morgan fingerprint density at radius 3 is 2.45 bits per heavy atom. The van der Waals surface area contributed by atoms with Crippen molar-refractivity contribution in [2.75, 3.05) is 0 Å². The second kappa shape index (κ2) is 2.78. The molecule has 0 bridgehead atoms. The molecule has 0 aromatic rings. The van der Waals surface area contributed by atoms with Crippen molar-refractivity contribution < 1.29 is 5.11 Å². The minimum Gasteiger partial charge on any atom is -0.393 e. The summed E-state index contributed by atoms with van der Waals surface area (Å²) in [7, 11) is 0. The van der Waals surface area contributed by atoms with Crippen molar-refractivity contribution in [2.45, 2.75) is 45.1 Å². The average Bonchev–Trinajstić information content (AvgIpc) is 2.59. The molecule has 11 heavy (non-hydrogen) atoms. The van der Waals surface area contributed by atoms with Crippen LogP contribution in [0, 0.1) is 17.8 Å². The maximum Gasteiger partial charge on any atom is 0.0568 e. The van der Waals surface area contributed by atoms with E-state index in [-0.39, 0.29) is 6.10 Å². The van der Waals surface area contributed by atoms with Gasteiger partial charge in [-0.15, -0.1) is 0 Å². The molecular formula is C10H18O. The molecule has 0 aromatic carbocycles. The zero-order valence-electron chi connectivity index (χ0n) is 7.29. The first kappa shape index (κ1) is 7.60. The minimum atomic E-state index is 0.0211. The molecule has 2 rings (SSSR count). The molecule has 1 heteroatoms. The summed E-state index contributed by atoms with van der Waals surface area (Å²) in [5.74, 6) is 2.71. The smallest absolute Gasteiger partial charge is 0.0568 e. The van der Waals surface area contributed by atoms with Gasteiger partial charge in [-0.05, 0) is 43.4 Å². The molecule has 0 aromatic heterocycles. The van der Waals surface area contributed by atoms with E-state index in [1.165, 1.54) is 19.3 Å². The number of hydrogen-bond acceptors (Lipinski definition) is 1. The molecule has 0 spiro atoms. The van der Waals surface area contributed by atoms with Crippen molar-refractivity contribution in [1.82, 2.24) is 0 Å². The summed E-state index contributed by atoms with van der Waals surface area (Å²) in [4.78, 5) is 0. The second-order valence-electron chi connectivity index (χ2n) is 4.34. The Morgan fingerprint density at radius 2 is 1.91 bits per heavy atom. The predicted molar refractivity (Wildman–Crippen MR) is 45.2 cm³/mol. The molecule has 0 radical (unpaired) electrons. The third kappa shape index (κ3) is 1.44. The highest BCUT2D eigenvalue weighted by Gasteiger charge is 2.47. The van der Waals surface area contributed by atoms with Crippen LogP contribution in [0.2, 0.25) is 0 Å². The number of rotatable bonds is 3. The zero-order chi connectivity index (χ0) is 7.84. The predicted octanol–water partition coefficient (Wildman–Crippen LogP) is 2.19. The zero-order valence-corrected chi connectivity index (χ0v) is 7.29. The van der Waals surface area contributed by atoms with Crippen molar-refractivity contribution in [3.63, 3.8) is 0 Å². The van der Waals surface area contributed by atoms with Crippen molar-refractivity contribution in [3.05, 3.63) is 0 Å². The van der Waals surface area contributed by atoms with E-state index in [4.69, 9.17) is 0 Å². The summed E-state index contributed by atoms with van der Waals surface area (Å²) in [5.41, 5.74) is 0. The molecule has 0 aliphatic heterocycles. The highest BCUT2D eigenvalue weighted by atomic mass is 16.3.